The normalized spacial score (nSPS) is 22.0. The van der Waals surface area contributed by atoms with Gasteiger partial charge in [0.1, 0.15) is 11.2 Å². The van der Waals surface area contributed by atoms with Crippen LogP contribution in [0, 0.1) is 0 Å². The largest absolute Gasteiger partial charge is 0.493 e. The molecule has 1 unspecified atom stereocenters. The number of ether oxygens (including phenoxy) is 2. The molecule has 3 heterocycles. The number of hydrogen-bond acceptors (Lipinski definition) is 4. The number of hydrogen-bond donors (Lipinski definition) is 0. The molecule has 7 rings (SSSR count). The van der Waals surface area contributed by atoms with Gasteiger partial charge in [0.25, 0.3) is 5.91 Å². The number of amides is 2. The van der Waals surface area contributed by atoms with Crippen molar-refractivity contribution in [3.63, 3.8) is 0 Å². The Morgan fingerprint density at radius 1 is 0.892 bits per heavy atom. The number of anilines is 1. The van der Waals surface area contributed by atoms with Crippen LogP contribution in [0.5, 0.6) is 5.75 Å². The molecular formula is C31H30N2O4. The SMILES string of the molecule is O=C(c1ccc(CN2C(=O)C3(CCCc4cc5c(cc43)CCO5)c3ccccc32)cc1)N1CCOCC1. The van der Waals surface area contributed by atoms with E-state index >= 15 is 0 Å². The Labute approximate surface area is 216 Å². The van der Waals surface area contributed by atoms with E-state index in [1.165, 1.54) is 11.1 Å². The number of carbonyl (C=O) groups excluding carboxylic acids is 2. The van der Waals surface area contributed by atoms with Crippen LogP contribution in [0.2, 0.25) is 0 Å². The van der Waals surface area contributed by atoms with Crippen LogP contribution in [0.15, 0.2) is 60.7 Å². The molecule has 3 aromatic carbocycles. The number of carbonyl (C=O) groups is 2. The van der Waals surface area contributed by atoms with Gasteiger partial charge in [0.05, 0.1) is 26.4 Å². The smallest absolute Gasteiger partial charge is 0.254 e. The Bertz CT molecular complexity index is 1390. The standard InChI is InChI=1S/C31H30N2O4/c34-29(32-13-16-36-17-14-32)22-9-7-21(8-10-22)20-33-27-6-2-1-5-25(27)31(30(33)35)12-3-4-23-19-28-24(11-15-37-28)18-26(23)31/h1-2,5-10,18-19H,3-4,11-17,20H2. The monoisotopic (exact) mass is 494 g/mol. The van der Waals surface area contributed by atoms with Gasteiger partial charge in [-0.15, -0.1) is 0 Å². The van der Waals surface area contributed by atoms with Crippen LogP contribution in [-0.4, -0.2) is 49.6 Å². The number of rotatable bonds is 3. The second kappa shape index (κ2) is 8.73. The molecular weight excluding hydrogens is 464 g/mol. The summed E-state index contributed by atoms with van der Waals surface area (Å²) in [5.74, 6) is 1.17. The van der Waals surface area contributed by atoms with Crippen molar-refractivity contribution in [1.82, 2.24) is 4.90 Å². The van der Waals surface area contributed by atoms with E-state index in [9.17, 15) is 9.59 Å². The van der Waals surface area contributed by atoms with Crippen molar-refractivity contribution >= 4 is 17.5 Å². The minimum atomic E-state index is -0.645. The van der Waals surface area contributed by atoms with Crippen LogP contribution < -0.4 is 9.64 Å². The Hall–Kier alpha value is -3.64. The van der Waals surface area contributed by atoms with Gasteiger partial charge >= 0.3 is 0 Å². The fourth-order valence-electron chi connectivity index (χ4n) is 6.62. The van der Waals surface area contributed by atoms with Crippen LogP contribution in [0.1, 0.15) is 51.0 Å². The van der Waals surface area contributed by atoms with Gasteiger partial charge in [-0.05, 0) is 71.3 Å². The van der Waals surface area contributed by atoms with Crippen molar-refractivity contribution < 1.29 is 19.1 Å². The molecule has 1 atom stereocenters. The summed E-state index contributed by atoms with van der Waals surface area (Å²) in [5.41, 5.74) is 6.75. The number of para-hydroxylation sites is 1. The number of aryl methyl sites for hydroxylation is 1. The van der Waals surface area contributed by atoms with Gasteiger partial charge in [-0.1, -0.05) is 36.4 Å². The third-order valence-corrected chi connectivity index (χ3v) is 8.48. The maximum atomic E-state index is 14.4. The molecule has 188 valence electrons. The third-order valence-electron chi connectivity index (χ3n) is 8.48. The Kier molecular flexibility index (Phi) is 5.32. The van der Waals surface area contributed by atoms with Gasteiger partial charge in [-0.25, -0.2) is 0 Å². The molecule has 2 amide bonds. The number of benzene rings is 3. The molecule has 0 radical (unpaired) electrons. The molecule has 6 heteroatoms. The second-order valence-corrected chi connectivity index (χ2v) is 10.5. The van der Waals surface area contributed by atoms with Gasteiger partial charge in [0, 0.05) is 30.8 Å². The summed E-state index contributed by atoms with van der Waals surface area (Å²) in [6.07, 6.45) is 3.66. The van der Waals surface area contributed by atoms with Crippen molar-refractivity contribution in [2.45, 2.75) is 37.6 Å². The summed E-state index contributed by atoms with van der Waals surface area (Å²) in [4.78, 5) is 31.1. The Balaban J connectivity index is 1.22. The zero-order valence-electron chi connectivity index (χ0n) is 20.9. The molecule has 3 aromatic rings. The molecule has 0 bridgehead atoms. The fraction of sp³-hybridized carbons (Fsp3) is 0.355. The van der Waals surface area contributed by atoms with Crippen molar-refractivity contribution in [2.24, 2.45) is 0 Å². The lowest BCUT2D eigenvalue weighted by Gasteiger charge is -2.35. The van der Waals surface area contributed by atoms with E-state index in [0.29, 0.717) is 45.0 Å². The summed E-state index contributed by atoms with van der Waals surface area (Å²) in [5, 5.41) is 0. The highest BCUT2D eigenvalue weighted by Gasteiger charge is 2.53. The minimum Gasteiger partial charge on any atom is -0.493 e. The van der Waals surface area contributed by atoms with Gasteiger partial charge in [0.2, 0.25) is 5.91 Å². The van der Waals surface area contributed by atoms with Crippen molar-refractivity contribution in [2.75, 3.05) is 37.8 Å². The molecule has 4 aliphatic rings. The summed E-state index contributed by atoms with van der Waals surface area (Å²) >= 11 is 0. The van der Waals surface area contributed by atoms with Crippen LogP contribution in [-0.2, 0) is 34.3 Å². The van der Waals surface area contributed by atoms with Gasteiger partial charge in [0.15, 0.2) is 0 Å². The van der Waals surface area contributed by atoms with Crippen LogP contribution >= 0.6 is 0 Å². The van der Waals surface area contributed by atoms with E-state index in [1.807, 2.05) is 46.2 Å². The molecule has 1 aliphatic carbocycles. The van der Waals surface area contributed by atoms with Crippen LogP contribution in [0.25, 0.3) is 0 Å². The van der Waals surface area contributed by atoms with E-state index in [4.69, 9.17) is 9.47 Å². The lowest BCUT2D eigenvalue weighted by molar-refractivity contribution is -0.122. The first-order chi connectivity index (χ1) is 18.1. The van der Waals surface area contributed by atoms with E-state index in [-0.39, 0.29) is 11.8 Å². The lowest BCUT2D eigenvalue weighted by atomic mass is 9.66. The summed E-state index contributed by atoms with van der Waals surface area (Å²) in [6.45, 7) is 3.61. The van der Waals surface area contributed by atoms with Crippen molar-refractivity contribution in [3.8, 4) is 5.75 Å². The van der Waals surface area contributed by atoms with E-state index < -0.39 is 5.41 Å². The molecule has 1 spiro atoms. The maximum absolute atomic E-state index is 14.4. The summed E-state index contributed by atoms with van der Waals surface area (Å²) < 4.78 is 11.2. The second-order valence-electron chi connectivity index (χ2n) is 10.5. The molecule has 37 heavy (non-hydrogen) atoms. The molecule has 6 nitrogen and oxygen atoms in total. The number of morpholine rings is 1. The third kappa shape index (κ3) is 3.50. The highest BCUT2D eigenvalue weighted by Crippen LogP contribution is 2.53. The first-order valence-electron chi connectivity index (χ1n) is 13.3. The first-order valence-corrected chi connectivity index (χ1v) is 13.3. The zero-order valence-corrected chi connectivity index (χ0v) is 20.9. The average Bonchev–Trinajstić information content (AvgIpc) is 3.50. The lowest BCUT2D eigenvalue weighted by Crippen LogP contribution is -2.43. The van der Waals surface area contributed by atoms with Crippen molar-refractivity contribution in [3.05, 3.63) is 94.0 Å². The van der Waals surface area contributed by atoms with Crippen LogP contribution in [0.4, 0.5) is 5.69 Å². The molecule has 0 saturated carbocycles. The first kappa shape index (κ1) is 22.5. The maximum Gasteiger partial charge on any atom is 0.254 e. The number of fused-ring (bicyclic) bond motifs is 5. The van der Waals surface area contributed by atoms with E-state index in [1.54, 1.807) is 0 Å². The Morgan fingerprint density at radius 3 is 2.54 bits per heavy atom. The molecule has 0 N–H and O–H groups in total. The average molecular weight is 495 g/mol. The molecule has 1 fully saturated rings. The van der Waals surface area contributed by atoms with Crippen LogP contribution in [0.3, 0.4) is 0 Å². The highest BCUT2D eigenvalue weighted by atomic mass is 16.5. The van der Waals surface area contributed by atoms with E-state index in [0.717, 1.165) is 53.8 Å². The highest BCUT2D eigenvalue weighted by molar-refractivity contribution is 6.10. The Morgan fingerprint density at radius 2 is 1.70 bits per heavy atom. The van der Waals surface area contributed by atoms with E-state index in [2.05, 4.69) is 24.3 Å². The van der Waals surface area contributed by atoms with Gasteiger partial charge < -0.3 is 19.3 Å². The fourth-order valence-corrected chi connectivity index (χ4v) is 6.62. The minimum absolute atomic E-state index is 0.0340. The predicted molar refractivity (Wildman–Crippen MR) is 140 cm³/mol. The topological polar surface area (TPSA) is 59.1 Å². The molecule has 3 aliphatic heterocycles. The zero-order chi connectivity index (χ0) is 25.0. The summed E-state index contributed by atoms with van der Waals surface area (Å²) in [6, 6.07) is 20.4. The quantitative estimate of drug-likeness (QED) is 0.546. The van der Waals surface area contributed by atoms with Gasteiger partial charge in [-0.3, -0.25) is 9.59 Å². The molecule has 0 aromatic heterocycles. The summed E-state index contributed by atoms with van der Waals surface area (Å²) in [7, 11) is 0. The molecule has 1 saturated heterocycles. The number of nitrogens with zero attached hydrogens (tertiary/aromatic N) is 2. The van der Waals surface area contributed by atoms with Crippen molar-refractivity contribution in [1.29, 1.82) is 0 Å². The predicted octanol–water partition coefficient (Wildman–Crippen LogP) is 4.26. The van der Waals surface area contributed by atoms with Gasteiger partial charge in [-0.2, -0.15) is 0 Å².